The number of aromatic amines is 1. The number of nitrogens with two attached hydrogens (primary N) is 1. The van der Waals surface area contributed by atoms with E-state index in [4.69, 9.17) is 15.2 Å². The number of aromatic nitrogens is 2. The number of hydrogen-bond acceptors (Lipinski definition) is 5. The Bertz CT molecular complexity index is 610. The van der Waals surface area contributed by atoms with Crippen molar-refractivity contribution in [1.29, 1.82) is 0 Å². The fourth-order valence-electron chi connectivity index (χ4n) is 1.67. The first kappa shape index (κ1) is 12.9. The van der Waals surface area contributed by atoms with E-state index in [-0.39, 0.29) is 17.2 Å². The van der Waals surface area contributed by atoms with Crippen LogP contribution in [0.5, 0.6) is 11.6 Å². The Morgan fingerprint density at radius 3 is 2.89 bits per heavy atom. The molecule has 19 heavy (non-hydrogen) atoms. The third-order valence-corrected chi connectivity index (χ3v) is 2.65. The lowest BCUT2D eigenvalue weighted by Gasteiger charge is -2.09. The molecular weight excluding hydrogens is 246 g/mol. The molecule has 1 aromatic carbocycles. The lowest BCUT2D eigenvalue weighted by Crippen LogP contribution is -2.13. The molecule has 3 N–H and O–H groups in total. The number of nitrogens with one attached hydrogen (secondary N) is 1. The first-order chi connectivity index (χ1) is 9.22. The van der Waals surface area contributed by atoms with Gasteiger partial charge < -0.3 is 20.2 Å². The fraction of sp³-hybridized carbons (Fsp3) is 0.231. The monoisotopic (exact) mass is 261 g/mol. The molecule has 1 aromatic heterocycles. The number of para-hydroxylation sites is 1. The van der Waals surface area contributed by atoms with Gasteiger partial charge in [-0.2, -0.15) is 0 Å². The number of hydrogen-bond donors (Lipinski definition) is 2. The molecule has 0 aliphatic carbocycles. The zero-order chi connectivity index (χ0) is 13.7. The first-order valence-corrected chi connectivity index (χ1v) is 5.80. The van der Waals surface area contributed by atoms with Crippen LogP contribution in [0.3, 0.4) is 0 Å². The van der Waals surface area contributed by atoms with Gasteiger partial charge in [0.05, 0.1) is 20.0 Å². The molecule has 0 bridgehead atoms. The average molecular weight is 261 g/mol. The smallest absolute Gasteiger partial charge is 0.297 e. The second-order valence-electron chi connectivity index (χ2n) is 3.87. The maximum Gasteiger partial charge on any atom is 0.297 e. The summed E-state index contributed by atoms with van der Waals surface area (Å²) in [5.74, 6) is 0.254. The van der Waals surface area contributed by atoms with Crippen molar-refractivity contribution in [3.63, 3.8) is 0 Å². The maximum atomic E-state index is 11.4. The van der Waals surface area contributed by atoms with Crippen LogP contribution in [0.4, 0.5) is 5.69 Å². The standard InChI is InChI=1S/C13H15N3O3/c1-18-11-12(17)15-8-16-13(11)19-7-6-9-4-2-3-5-10(9)14/h2-5,8H,6-7,14H2,1H3,(H,15,16,17). The van der Waals surface area contributed by atoms with Crippen LogP contribution in [0, 0.1) is 0 Å². The number of ether oxygens (including phenoxy) is 2. The van der Waals surface area contributed by atoms with Gasteiger partial charge in [-0.25, -0.2) is 4.98 Å². The third-order valence-electron chi connectivity index (χ3n) is 2.65. The first-order valence-electron chi connectivity index (χ1n) is 5.80. The molecule has 0 spiro atoms. The van der Waals surface area contributed by atoms with E-state index in [2.05, 4.69) is 9.97 Å². The predicted molar refractivity (Wildman–Crippen MR) is 71.5 cm³/mol. The molecule has 2 rings (SSSR count). The van der Waals surface area contributed by atoms with Crippen LogP contribution in [-0.2, 0) is 6.42 Å². The van der Waals surface area contributed by atoms with Crippen molar-refractivity contribution >= 4 is 5.69 Å². The minimum absolute atomic E-state index is 0.0727. The van der Waals surface area contributed by atoms with Gasteiger partial charge in [-0.05, 0) is 11.6 Å². The van der Waals surface area contributed by atoms with E-state index >= 15 is 0 Å². The van der Waals surface area contributed by atoms with E-state index in [1.807, 2.05) is 24.3 Å². The second-order valence-corrected chi connectivity index (χ2v) is 3.87. The van der Waals surface area contributed by atoms with E-state index < -0.39 is 0 Å². The van der Waals surface area contributed by atoms with Crippen LogP contribution < -0.4 is 20.8 Å². The average Bonchev–Trinajstić information content (AvgIpc) is 2.41. The van der Waals surface area contributed by atoms with Gasteiger partial charge in [0.25, 0.3) is 11.4 Å². The molecular formula is C13H15N3O3. The SMILES string of the molecule is COc1c(OCCc2ccccc2N)nc[nH]c1=O. The Morgan fingerprint density at radius 2 is 2.16 bits per heavy atom. The summed E-state index contributed by atoms with van der Waals surface area (Å²) in [6.07, 6.45) is 1.90. The Kier molecular flexibility index (Phi) is 4.02. The molecule has 0 amide bonds. The molecule has 0 aliphatic heterocycles. The van der Waals surface area contributed by atoms with Crippen molar-refractivity contribution < 1.29 is 9.47 Å². The Morgan fingerprint density at radius 1 is 1.37 bits per heavy atom. The summed E-state index contributed by atoms with van der Waals surface area (Å²) in [7, 11) is 1.40. The maximum absolute atomic E-state index is 11.4. The Labute approximate surface area is 110 Å². The van der Waals surface area contributed by atoms with Gasteiger partial charge in [-0.1, -0.05) is 18.2 Å². The van der Waals surface area contributed by atoms with Crippen molar-refractivity contribution in [1.82, 2.24) is 9.97 Å². The summed E-state index contributed by atoms with van der Waals surface area (Å²) in [4.78, 5) is 17.8. The summed E-state index contributed by atoms with van der Waals surface area (Å²) in [6.45, 7) is 0.362. The summed E-state index contributed by atoms with van der Waals surface area (Å²) in [6, 6.07) is 7.56. The van der Waals surface area contributed by atoms with Crippen LogP contribution in [0.2, 0.25) is 0 Å². The molecule has 0 aliphatic rings. The molecule has 100 valence electrons. The van der Waals surface area contributed by atoms with Gasteiger partial charge >= 0.3 is 0 Å². The number of nitrogens with zero attached hydrogens (tertiary/aromatic N) is 1. The second kappa shape index (κ2) is 5.90. The summed E-state index contributed by atoms with van der Waals surface area (Å²) < 4.78 is 10.4. The molecule has 0 fully saturated rings. The number of methoxy groups -OCH3 is 1. The minimum Gasteiger partial charge on any atom is -0.487 e. The van der Waals surface area contributed by atoms with E-state index in [1.165, 1.54) is 13.4 Å². The van der Waals surface area contributed by atoms with Crippen LogP contribution in [0.1, 0.15) is 5.56 Å². The van der Waals surface area contributed by atoms with E-state index in [0.29, 0.717) is 13.0 Å². The molecule has 0 atom stereocenters. The highest BCUT2D eigenvalue weighted by Gasteiger charge is 2.10. The van der Waals surface area contributed by atoms with Crippen molar-refractivity contribution in [2.45, 2.75) is 6.42 Å². The van der Waals surface area contributed by atoms with Crippen LogP contribution in [0.15, 0.2) is 35.4 Å². The van der Waals surface area contributed by atoms with Gasteiger partial charge in [0.1, 0.15) is 0 Å². The van der Waals surface area contributed by atoms with Crippen LogP contribution in [0.25, 0.3) is 0 Å². The van der Waals surface area contributed by atoms with E-state index in [1.54, 1.807) is 0 Å². The molecule has 1 heterocycles. The highest BCUT2D eigenvalue weighted by atomic mass is 16.5. The number of nitrogen functional groups attached to an aromatic ring is 1. The molecule has 0 saturated carbocycles. The number of anilines is 1. The van der Waals surface area contributed by atoms with Gasteiger partial charge in [-0.3, -0.25) is 4.79 Å². The molecule has 0 saturated heterocycles. The van der Waals surface area contributed by atoms with Crippen LogP contribution >= 0.6 is 0 Å². The predicted octanol–water partition coefficient (Wildman–Crippen LogP) is 0.982. The largest absolute Gasteiger partial charge is 0.487 e. The third kappa shape index (κ3) is 3.04. The highest BCUT2D eigenvalue weighted by Crippen LogP contribution is 2.18. The quantitative estimate of drug-likeness (QED) is 0.783. The van der Waals surface area contributed by atoms with Crippen molar-refractivity contribution in [3.05, 3.63) is 46.5 Å². The van der Waals surface area contributed by atoms with Crippen molar-refractivity contribution in [2.24, 2.45) is 0 Å². The molecule has 0 unspecified atom stereocenters. The van der Waals surface area contributed by atoms with Gasteiger partial charge in [0.15, 0.2) is 0 Å². The summed E-state index contributed by atoms with van der Waals surface area (Å²) >= 11 is 0. The zero-order valence-electron chi connectivity index (χ0n) is 10.6. The number of H-pyrrole nitrogens is 1. The van der Waals surface area contributed by atoms with E-state index in [0.717, 1.165) is 11.3 Å². The highest BCUT2D eigenvalue weighted by molar-refractivity contribution is 5.46. The zero-order valence-corrected chi connectivity index (χ0v) is 10.6. The minimum atomic E-state index is -0.369. The van der Waals surface area contributed by atoms with Crippen molar-refractivity contribution in [3.8, 4) is 11.6 Å². The van der Waals surface area contributed by atoms with Gasteiger partial charge in [0, 0.05) is 12.1 Å². The fourth-order valence-corrected chi connectivity index (χ4v) is 1.67. The van der Waals surface area contributed by atoms with Gasteiger partial charge in [0.2, 0.25) is 5.75 Å². The number of rotatable bonds is 5. The normalized spacial score (nSPS) is 10.2. The Hall–Kier alpha value is -2.50. The molecule has 6 heteroatoms. The summed E-state index contributed by atoms with van der Waals surface area (Å²) in [5.41, 5.74) is 7.17. The molecule has 0 radical (unpaired) electrons. The molecule has 2 aromatic rings. The lowest BCUT2D eigenvalue weighted by atomic mass is 10.1. The van der Waals surface area contributed by atoms with E-state index in [9.17, 15) is 4.79 Å². The topological polar surface area (TPSA) is 90.2 Å². The summed E-state index contributed by atoms with van der Waals surface area (Å²) in [5, 5.41) is 0. The molecule has 6 nitrogen and oxygen atoms in total. The Balaban J connectivity index is 2.02. The number of benzene rings is 1. The van der Waals surface area contributed by atoms with Crippen LogP contribution in [-0.4, -0.2) is 23.7 Å². The lowest BCUT2D eigenvalue weighted by molar-refractivity contribution is 0.283. The van der Waals surface area contributed by atoms with Crippen molar-refractivity contribution in [2.75, 3.05) is 19.5 Å². The van der Waals surface area contributed by atoms with Gasteiger partial charge in [-0.15, -0.1) is 0 Å².